The van der Waals surface area contributed by atoms with Crippen molar-refractivity contribution in [2.24, 2.45) is 22.6 Å². The van der Waals surface area contributed by atoms with Crippen molar-refractivity contribution in [1.82, 2.24) is 19.7 Å². The first kappa shape index (κ1) is 35.3. The van der Waals surface area contributed by atoms with Crippen LogP contribution in [0, 0.1) is 11.8 Å². The Hall–Kier alpha value is -3.21. The summed E-state index contributed by atoms with van der Waals surface area (Å²) in [5.74, 6) is -1.81. The third kappa shape index (κ3) is 7.89. The molecule has 17 nitrogen and oxygen atoms in total. The lowest BCUT2D eigenvalue weighted by Crippen LogP contribution is -2.45. The molecule has 5 atom stereocenters. The number of nitrogens with one attached hydrogen (secondary N) is 3. The zero-order valence-electron chi connectivity index (χ0n) is 26.2. The largest absolute Gasteiger partial charge is 0.506 e. The molecule has 248 valence electrons. The maximum absolute atomic E-state index is 14.3. The van der Waals surface area contributed by atoms with E-state index in [1.807, 2.05) is 27.7 Å². The molecule has 0 fully saturated rings. The number of imidazole rings is 1. The zero-order chi connectivity index (χ0) is 33.0. The van der Waals surface area contributed by atoms with Gasteiger partial charge in [-0.25, -0.2) is 20.2 Å². The molecule has 0 bridgehead atoms. The van der Waals surface area contributed by atoms with Crippen LogP contribution in [0.25, 0.3) is 0 Å². The van der Waals surface area contributed by atoms with Crippen LogP contribution in [0.5, 0.6) is 0 Å². The van der Waals surface area contributed by atoms with Gasteiger partial charge >= 0.3 is 19.6 Å². The van der Waals surface area contributed by atoms with Crippen molar-refractivity contribution in [3.05, 3.63) is 23.5 Å². The number of rotatable bonds is 14. The highest BCUT2D eigenvalue weighted by Crippen LogP contribution is 2.46. The summed E-state index contributed by atoms with van der Waals surface area (Å²) in [6.45, 7) is 8.12. The topological polar surface area (TPSA) is 230 Å². The molecule has 0 radical (unpaired) electrons. The van der Waals surface area contributed by atoms with E-state index in [0.29, 0.717) is 11.5 Å². The Morgan fingerprint density at radius 2 is 1.68 bits per heavy atom. The average molecular weight is 646 g/mol. The summed E-state index contributed by atoms with van der Waals surface area (Å²) in [6.07, 6.45) is -0.364. The van der Waals surface area contributed by atoms with Crippen molar-refractivity contribution in [3.63, 3.8) is 0 Å². The normalized spacial score (nSPS) is 24.1. The van der Waals surface area contributed by atoms with Gasteiger partial charge in [0, 0.05) is 0 Å². The molecular formula is C26H44N7O10P. The van der Waals surface area contributed by atoms with Crippen molar-refractivity contribution < 1.29 is 47.8 Å². The van der Waals surface area contributed by atoms with E-state index in [4.69, 9.17) is 29.2 Å². The van der Waals surface area contributed by atoms with Crippen molar-refractivity contribution in [2.45, 2.75) is 77.7 Å². The summed E-state index contributed by atoms with van der Waals surface area (Å²) in [4.78, 5) is 33.6. The molecule has 1 aromatic rings. The number of esters is 2. The first-order valence-corrected chi connectivity index (χ1v) is 15.7. The number of carbonyl (C=O) groups is 2. The molecule has 1 aromatic heterocycles. The lowest BCUT2D eigenvalue weighted by molar-refractivity contribution is -0.143. The molecule has 0 aliphatic carbocycles. The van der Waals surface area contributed by atoms with E-state index in [1.165, 1.54) is 39.1 Å². The van der Waals surface area contributed by atoms with E-state index >= 15 is 0 Å². The fourth-order valence-corrected chi connectivity index (χ4v) is 6.55. The number of nitrogens with zero attached hydrogens (tertiary/aromatic N) is 3. The minimum Gasteiger partial charge on any atom is -0.506 e. The van der Waals surface area contributed by atoms with Crippen LogP contribution in [0.1, 0.15) is 59.4 Å². The number of aliphatic hydroxyl groups is 2. The van der Waals surface area contributed by atoms with E-state index in [2.05, 4.69) is 25.5 Å². The standard InChI is InChI=1S/C26H44N7O10P/c1-13(2)9-15(22(35)40-7)31-44(38,32-16(10-14(3)4)23(36)41-8)42-11-17-19(34)26(5,37)24(43-17)33-12-28-18-20(33)29-25(27)30-21(18)39-6/h12-16,24-25,29,34,37H,9-11,27H2,1-8H3,(H2,31,32,38)/t15?,16?,24-,25?,26?,44?/m1/s1. The fraction of sp³-hybridized carbons (Fsp3) is 0.692. The van der Waals surface area contributed by atoms with Crippen molar-refractivity contribution in [2.75, 3.05) is 33.3 Å². The van der Waals surface area contributed by atoms with Gasteiger partial charge in [0.1, 0.15) is 30.8 Å². The second-order valence-electron chi connectivity index (χ2n) is 11.5. The third-order valence-electron chi connectivity index (χ3n) is 6.88. The van der Waals surface area contributed by atoms with Gasteiger partial charge in [0.25, 0.3) is 0 Å². The lowest BCUT2D eigenvalue weighted by atomic mass is 10.0. The first-order valence-electron chi connectivity index (χ1n) is 14.0. The predicted octanol–water partition coefficient (Wildman–Crippen LogP) is 1.47. The summed E-state index contributed by atoms with van der Waals surface area (Å²) in [7, 11) is -0.508. The Bertz CT molecular complexity index is 1280. The van der Waals surface area contributed by atoms with Crippen LogP contribution in [0.3, 0.4) is 0 Å². The van der Waals surface area contributed by atoms with Crippen LogP contribution in [-0.4, -0.2) is 89.5 Å². The number of methoxy groups -OCH3 is 3. The minimum absolute atomic E-state index is 0.0144. The molecule has 3 rings (SSSR count). The SMILES string of the molecule is COC(=O)C(CC(C)C)NP(=O)(NC(CC(C)C)C(=O)OC)OCC1=C(O)C(C)(O)[C@H](n2cnc3c2NC(N)N=C3OC)O1. The van der Waals surface area contributed by atoms with Crippen LogP contribution in [-0.2, 0) is 37.6 Å². The van der Waals surface area contributed by atoms with Gasteiger partial charge in [-0.15, -0.1) is 0 Å². The number of fused-ring (bicyclic) bond motifs is 1. The number of nitrogens with two attached hydrogens (primary N) is 1. The summed E-state index contributed by atoms with van der Waals surface area (Å²) < 4.78 is 42.5. The molecule has 3 heterocycles. The lowest BCUT2D eigenvalue weighted by Gasteiger charge is -2.29. The van der Waals surface area contributed by atoms with E-state index < -0.39 is 62.2 Å². The Kier molecular flexibility index (Phi) is 11.4. The number of hydrogen-bond acceptors (Lipinski definition) is 14. The molecule has 0 amide bonds. The van der Waals surface area contributed by atoms with Gasteiger partial charge in [0.05, 0.1) is 21.3 Å². The van der Waals surface area contributed by atoms with Crippen LogP contribution in [0.4, 0.5) is 5.82 Å². The van der Waals surface area contributed by atoms with Gasteiger partial charge in [0.2, 0.25) is 12.1 Å². The van der Waals surface area contributed by atoms with Gasteiger partial charge in [-0.3, -0.25) is 29.0 Å². The molecule has 18 heteroatoms. The quantitative estimate of drug-likeness (QED) is 0.124. The van der Waals surface area contributed by atoms with Crippen molar-refractivity contribution in [1.29, 1.82) is 0 Å². The van der Waals surface area contributed by atoms with E-state index in [9.17, 15) is 24.4 Å². The van der Waals surface area contributed by atoms with Crippen molar-refractivity contribution in [3.8, 4) is 0 Å². The van der Waals surface area contributed by atoms with Crippen LogP contribution < -0.4 is 21.2 Å². The zero-order valence-corrected chi connectivity index (χ0v) is 27.1. The number of aromatic nitrogens is 2. The highest BCUT2D eigenvalue weighted by atomic mass is 31.2. The molecule has 0 spiro atoms. The number of anilines is 1. The van der Waals surface area contributed by atoms with Crippen LogP contribution >= 0.6 is 7.67 Å². The Balaban J connectivity index is 1.92. The summed E-state index contributed by atoms with van der Waals surface area (Å²) in [5, 5.41) is 30.6. The van der Waals surface area contributed by atoms with Crippen molar-refractivity contribution >= 4 is 31.3 Å². The molecule has 0 saturated heterocycles. The van der Waals surface area contributed by atoms with Crippen LogP contribution in [0.15, 0.2) is 22.8 Å². The molecule has 7 N–H and O–H groups in total. The second-order valence-corrected chi connectivity index (χ2v) is 13.3. The Morgan fingerprint density at radius 1 is 1.14 bits per heavy atom. The maximum atomic E-state index is 14.3. The smallest absolute Gasteiger partial charge is 0.342 e. The summed E-state index contributed by atoms with van der Waals surface area (Å²) in [6, 6.07) is -2.16. The first-order chi connectivity index (χ1) is 20.6. The van der Waals surface area contributed by atoms with E-state index in [-0.39, 0.29) is 36.3 Å². The summed E-state index contributed by atoms with van der Waals surface area (Å²) >= 11 is 0. The molecular weight excluding hydrogens is 601 g/mol. The fourth-order valence-electron chi connectivity index (χ4n) is 4.78. The monoisotopic (exact) mass is 645 g/mol. The van der Waals surface area contributed by atoms with Gasteiger partial charge in [-0.05, 0) is 31.6 Å². The molecule has 2 aliphatic heterocycles. The second kappa shape index (κ2) is 14.3. The van der Waals surface area contributed by atoms with Gasteiger partial charge in [-0.1, -0.05) is 27.7 Å². The predicted molar refractivity (Wildman–Crippen MR) is 158 cm³/mol. The molecule has 0 saturated carbocycles. The molecule has 44 heavy (non-hydrogen) atoms. The summed E-state index contributed by atoms with van der Waals surface area (Å²) in [5.41, 5.74) is 4.24. The average Bonchev–Trinajstić information content (AvgIpc) is 3.46. The molecule has 4 unspecified atom stereocenters. The van der Waals surface area contributed by atoms with Gasteiger partial charge in [-0.2, -0.15) is 0 Å². The van der Waals surface area contributed by atoms with Crippen LogP contribution in [0.2, 0.25) is 0 Å². The highest BCUT2D eigenvalue weighted by molar-refractivity contribution is 7.54. The third-order valence-corrected chi connectivity index (χ3v) is 8.67. The number of carbonyl (C=O) groups excluding carboxylic acids is 2. The number of aliphatic imine (C=N–C) groups is 1. The minimum atomic E-state index is -4.31. The number of hydrogen-bond donors (Lipinski definition) is 6. The van der Waals surface area contributed by atoms with Gasteiger partial charge in [0.15, 0.2) is 29.1 Å². The highest BCUT2D eigenvalue weighted by Gasteiger charge is 2.50. The number of ether oxygens (including phenoxy) is 4. The Morgan fingerprint density at radius 3 is 2.16 bits per heavy atom. The Labute approximate surface area is 256 Å². The van der Waals surface area contributed by atoms with E-state index in [1.54, 1.807) is 0 Å². The molecule has 0 aromatic carbocycles. The van der Waals surface area contributed by atoms with Gasteiger partial charge < -0.3 is 34.5 Å². The van der Waals surface area contributed by atoms with E-state index in [0.717, 1.165) is 0 Å². The number of aliphatic hydroxyl groups excluding tert-OH is 1. The molecule has 2 aliphatic rings. The maximum Gasteiger partial charge on any atom is 0.342 e.